The molecule has 0 bridgehead atoms. The van der Waals surface area contributed by atoms with Crippen LogP contribution in [0, 0.1) is 19.8 Å². The van der Waals surface area contributed by atoms with Gasteiger partial charge in [0, 0.05) is 6.04 Å². The molecule has 2 rings (SSSR count). The van der Waals surface area contributed by atoms with E-state index in [4.69, 9.17) is 0 Å². The average molecular weight is 283 g/mol. The van der Waals surface area contributed by atoms with Crippen molar-refractivity contribution in [2.24, 2.45) is 5.92 Å². The number of aliphatic hydroxyl groups excluding tert-OH is 1. The predicted octanol–water partition coefficient (Wildman–Crippen LogP) is 1.87. The first-order valence-electron chi connectivity index (χ1n) is 6.58. The van der Waals surface area contributed by atoms with Crippen molar-refractivity contribution in [3.8, 4) is 0 Å². The molecular formula is C14H21NO3S. The second kappa shape index (κ2) is 5.23. The maximum absolute atomic E-state index is 12.4. The van der Waals surface area contributed by atoms with Gasteiger partial charge in [0.25, 0.3) is 0 Å². The molecule has 0 heterocycles. The molecule has 0 radical (unpaired) electrons. The zero-order valence-electron chi connectivity index (χ0n) is 11.6. The highest BCUT2D eigenvalue weighted by Crippen LogP contribution is 2.33. The fourth-order valence-electron chi connectivity index (χ4n) is 2.27. The molecule has 0 spiro atoms. The van der Waals surface area contributed by atoms with Gasteiger partial charge in [-0.3, -0.25) is 0 Å². The van der Waals surface area contributed by atoms with Gasteiger partial charge in [-0.05, 0) is 62.3 Å². The molecule has 1 aliphatic carbocycles. The molecule has 106 valence electrons. The van der Waals surface area contributed by atoms with Crippen molar-refractivity contribution in [2.75, 3.05) is 0 Å². The Kier molecular flexibility index (Phi) is 3.99. The van der Waals surface area contributed by atoms with E-state index in [1.165, 1.54) is 0 Å². The summed E-state index contributed by atoms with van der Waals surface area (Å²) in [6.45, 7) is 5.42. The van der Waals surface area contributed by atoms with Gasteiger partial charge in [0.15, 0.2) is 0 Å². The molecule has 1 aliphatic rings. The van der Waals surface area contributed by atoms with E-state index in [1.54, 1.807) is 13.0 Å². The van der Waals surface area contributed by atoms with E-state index in [1.807, 2.05) is 19.9 Å². The Balaban J connectivity index is 2.35. The van der Waals surface area contributed by atoms with Crippen LogP contribution in [0.15, 0.2) is 17.0 Å². The third-order valence-corrected chi connectivity index (χ3v) is 5.51. The molecular weight excluding hydrogens is 262 g/mol. The monoisotopic (exact) mass is 283 g/mol. The minimum absolute atomic E-state index is 0.0255. The first-order valence-corrected chi connectivity index (χ1v) is 8.07. The Hall–Kier alpha value is -0.910. The van der Waals surface area contributed by atoms with Crippen molar-refractivity contribution < 1.29 is 13.5 Å². The van der Waals surface area contributed by atoms with E-state index in [2.05, 4.69) is 4.72 Å². The molecule has 2 N–H and O–H groups in total. The number of sulfonamides is 1. The van der Waals surface area contributed by atoms with Gasteiger partial charge in [-0.25, -0.2) is 13.1 Å². The molecule has 0 amide bonds. The molecule has 1 aromatic rings. The summed E-state index contributed by atoms with van der Waals surface area (Å²) in [4.78, 5) is 0.282. The molecule has 1 unspecified atom stereocenters. The maximum Gasteiger partial charge on any atom is 0.241 e. The molecule has 0 aliphatic heterocycles. The highest BCUT2D eigenvalue weighted by Gasteiger charge is 2.31. The van der Waals surface area contributed by atoms with Gasteiger partial charge in [0.1, 0.15) is 0 Å². The topological polar surface area (TPSA) is 66.4 Å². The number of hydrogen-bond acceptors (Lipinski definition) is 3. The van der Waals surface area contributed by atoms with Crippen molar-refractivity contribution >= 4 is 10.0 Å². The third kappa shape index (κ3) is 3.16. The summed E-state index contributed by atoms with van der Waals surface area (Å²) in [5.74, 6) is 0.470. The van der Waals surface area contributed by atoms with E-state index in [-0.39, 0.29) is 17.5 Å². The second-order valence-corrected chi connectivity index (χ2v) is 7.12. The molecule has 4 nitrogen and oxygen atoms in total. The summed E-state index contributed by atoms with van der Waals surface area (Å²) in [5.41, 5.74) is 2.25. The highest BCUT2D eigenvalue weighted by atomic mass is 32.2. The lowest BCUT2D eigenvalue weighted by molar-refractivity contribution is 0.281. The first-order chi connectivity index (χ1) is 8.85. The van der Waals surface area contributed by atoms with Gasteiger partial charge in [0.2, 0.25) is 10.0 Å². The number of rotatable bonds is 5. The number of aryl methyl sites for hydroxylation is 1. The lowest BCUT2D eigenvalue weighted by Crippen LogP contribution is -2.34. The maximum atomic E-state index is 12.4. The van der Waals surface area contributed by atoms with Crippen LogP contribution in [0.1, 0.15) is 36.5 Å². The second-order valence-electron chi connectivity index (χ2n) is 5.44. The number of aliphatic hydroxyl groups is 1. The van der Waals surface area contributed by atoms with Gasteiger partial charge in [-0.1, -0.05) is 6.07 Å². The minimum Gasteiger partial charge on any atom is -0.392 e. The molecule has 1 aromatic carbocycles. The molecule has 5 heteroatoms. The zero-order valence-corrected chi connectivity index (χ0v) is 12.4. The lowest BCUT2D eigenvalue weighted by atomic mass is 10.1. The van der Waals surface area contributed by atoms with Crippen LogP contribution in [-0.2, 0) is 16.6 Å². The van der Waals surface area contributed by atoms with Gasteiger partial charge in [-0.2, -0.15) is 0 Å². The Morgan fingerprint density at radius 2 is 2.00 bits per heavy atom. The van der Waals surface area contributed by atoms with Crippen LogP contribution in [0.5, 0.6) is 0 Å². The number of hydrogen-bond donors (Lipinski definition) is 2. The van der Waals surface area contributed by atoms with Gasteiger partial charge in [0.05, 0.1) is 11.5 Å². The minimum atomic E-state index is -3.51. The van der Waals surface area contributed by atoms with Gasteiger partial charge in [-0.15, -0.1) is 0 Å². The van der Waals surface area contributed by atoms with Crippen molar-refractivity contribution in [3.05, 3.63) is 28.8 Å². The quantitative estimate of drug-likeness (QED) is 0.867. The molecule has 1 saturated carbocycles. The summed E-state index contributed by atoms with van der Waals surface area (Å²) >= 11 is 0. The van der Waals surface area contributed by atoms with Crippen LogP contribution >= 0.6 is 0 Å². The highest BCUT2D eigenvalue weighted by molar-refractivity contribution is 7.89. The first kappa shape index (κ1) is 14.5. The normalized spacial score (nSPS) is 17.5. The summed E-state index contributed by atoms with van der Waals surface area (Å²) in [6, 6.07) is 3.35. The van der Waals surface area contributed by atoms with E-state index in [9.17, 15) is 13.5 Å². The van der Waals surface area contributed by atoms with Crippen LogP contribution in [0.25, 0.3) is 0 Å². The number of nitrogens with one attached hydrogen (secondary N) is 1. The molecule has 0 saturated heterocycles. The Morgan fingerprint density at radius 3 is 2.53 bits per heavy atom. The van der Waals surface area contributed by atoms with Crippen LogP contribution < -0.4 is 4.72 Å². The number of benzene rings is 1. The Labute approximate surface area is 114 Å². The Morgan fingerprint density at radius 1 is 1.37 bits per heavy atom. The largest absolute Gasteiger partial charge is 0.392 e. The fourth-order valence-corrected chi connectivity index (χ4v) is 3.95. The predicted molar refractivity (Wildman–Crippen MR) is 74.3 cm³/mol. The molecule has 1 fully saturated rings. The lowest BCUT2D eigenvalue weighted by Gasteiger charge is -2.16. The third-order valence-electron chi connectivity index (χ3n) is 3.82. The van der Waals surface area contributed by atoms with Crippen molar-refractivity contribution in [2.45, 2.75) is 51.2 Å². The SMILES string of the molecule is Cc1cc(CO)cc(S(=O)(=O)NC(C)C2CC2)c1C. The van der Waals surface area contributed by atoms with Crippen molar-refractivity contribution in [3.63, 3.8) is 0 Å². The summed E-state index contributed by atoms with van der Waals surface area (Å²) in [7, 11) is -3.51. The van der Waals surface area contributed by atoms with E-state index >= 15 is 0 Å². The van der Waals surface area contributed by atoms with E-state index in [0.29, 0.717) is 11.5 Å². The molecule has 1 atom stereocenters. The molecule has 0 aromatic heterocycles. The van der Waals surface area contributed by atoms with E-state index in [0.717, 1.165) is 24.0 Å². The summed E-state index contributed by atoms with van der Waals surface area (Å²) < 4.78 is 27.6. The van der Waals surface area contributed by atoms with Crippen LogP contribution in [0.2, 0.25) is 0 Å². The van der Waals surface area contributed by atoms with Gasteiger partial charge >= 0.3 is 0 Å². The summed E-state index contributed by atoms with van der Waals surface area (Å²) in [6.07, 6.45) is 2.19. The van der Waals surface area contributed by atoms with Crippen molar-refractivity contribution in [1.29, 1.82) is 0 Å². The van der Waals surface area contributed by atoms with Gasteiger partial charge < -0.3 is 5.11 Å². The zero-order chi connectivity index (χ0) is 14.2. The van der Waals surface area contributed by atoms with Crippen LogP contribution in [0.3, 0.4) is 0 Å². The standard InChI is InChI=1S/C14H21NO3S/c1-9-6-12(8-16)7-14(10(9)2)19(17,18)15-11(3)13-4-5-13/h6-7,11,13,15-16H,4-5,8H2,1-3H3. The smallest absolute Gasteiger partial charge is 0.241 e. The summed E-state index contributed by atoms with van der Waals surface area (Å²) in [5, 5.41) is 9.21. The van der Waals surface area contributed by atoms with Crippen LogP contribution in [0.4, 0.5) is 0 Å². The van der Waals surface area contributed by atoms with Crippen LogP contribution in [-0.4, -0.2) is 19.6 Å². The molecule has 19 heavy (non-hydrogen) atoms. The van der Waals surface area contributed by atoms with E-state index < -0.39 is 10.0 Å². The fraction of sp³-hybridized carbons (Fsp3) is 0.571. The average Bonchev–Trinajstić information content (AvgIpc) is 3.15. The Bertz CT molecular complexity index is 577. The van der Waals surface area contributed by atoms with Crippen molar-refractivity contribution in [1.82, 2.24) is 4.72 Å².